The van der Waals surface area contributed by atoms with Gasteiger partial charge in [0, 0.05) is 45.4 Å². The minimum absolute atomic E-state index is 0.0459. The molecule has 1 aromatic carbocycles. The molecular weight excluding hydrogens is 496 g/mol. The van der Waals surface area contributed by atoms with E-state index in [0.717, 1.165) is 29.4 Å². The number of benzene rings is 1. The zero-order chi connectivity index (χ0) is 23.9. The maximum atomic E-state index is 6.12. The predicted molar refractivity (Wildman–Crippen MR) is 143 cm³/mol. The van der Waals surface area contributed by atoms with E-state index in [1.165, 1.54) is 9.79 Å². The Labute approximate surface area is 217 Å². The van der Waals surface area contributed by atoms with Crippen LogP contribution in [0.15, 0.2) is 50.9 Å². The normalized spacial score (nSPS) is 14.5. The van der Waals surface area contributed by atoms with Gasteiger partial charge >= 0.3 is 0 Å². The van der Waals surface area contributed by atoms with Crippen molar-refractivity contribution in [2.24, 2.45) is 0 Å². The van der Waals surface area contributed by atoms with Crippen molar-refractivity contribution in [2.45, 2.75) is 67.8 Å². The van der Waals surface area contributed by atoms with E-state index in [9.17, 15) is 0 Å². The van der Waals surface area contributed by atoms with Gasteiger partial charge in [-0.15, -0.1) is 23.5 Å². The highest BCUT2D eigenvalue weighted by Crippen LogP contribution is 2.23. The van der Waals surface area contributed by atoms with Crippen molar-refractivity contribution < 1.29 is 18.9 Å². The van der Waals surface area contributed by atoms with Gasteiger partial charge in [-0.2, -0.15) is 11.3 Å². The Hall–Kier alpha value is -0.250. The van der Waals surface area contributed by atoms with E-state index in [1.54, 1.807) is 30.2 Å². The first-order valence-electron chi connectivity index (χ1n) is 11.4. The molecule has 0 saturated heterocycles. The minimum Gasteiger partial charge on any atom is -0.382 e. The third kappa shape index (κ3) is 13.4. The van der Waals surface area contributed by atoms with Crippen LogP contribution in [0.4, 0.5) is 0 Å². The second kappa shape index (κ2) is 17.2. The minimum atomic E-state index is 0.0459. The molecule has 3 atom stereocenters. The van der Waals surface area contributed by atoms with Crippen LogP contribution in [0, 0.1) is 0 Å². The number of hydrogen-bond acceptors (Lipinski definition) is 7. The first kappa shape index (κ1) is 29.0. The molecule has 0 amide bonds. The second-order valence-corrected chi connectivity index (χ2v) is 11.5. The largest absolute Gasteiger partial charge is 0.382 e. The highest BCUT2D eigenvalue weighted by atomic mass is 35.5. The molecule has 2 aromatic rings. The fourth-order valence-electron chi connectivity index (χ4n) is 3.06. The number of rotatable bonds is 18. The average Bonchev–Trinajstić information content (AvgIpc) is 3.31. The van der Waals surface area contributed by atoms with Crippen molar-refractivity contribution >= 4 is 46.5 Å². The van der Waals surface area contributed by atoms with Gasteiger partial charge in [-0.05, 0) is 69.3 Å². The molecular formula is C25H37ClO4S3. The van der Waals surface area contributed by atoms with Crippen LogP contribution >= 0.6 is 46.5 Å². The van der Waals surface area contributed by atoms with Gasteiger partial charge in [-0.3, -0.25) is 0 Å². The highest BCUT2D eigenvalue weighted by Gasteiger charge is 2.15. The van der Waals surface area contributed by atoms with Crippen molar-refractivity contribution in [2.75, 3.05) is 38.4 Å². The third-order valence-corrected chi connectivity index (χ3v) is 8.03. The molecule has 2 rings (SSSR count). The van der Waals surface area contributed by atoms with Gasteiger partial charge in [0.25, 0.3) is 0 Å². The van der Waals surface area contributed by atoms with Crippen LogP contribution in [0.5, 0.6) is 0 Å². The van der Waals surface area contributed by atoms with Crippen LogP contribution in [0.1, 0.15) is 33.6 Å². The summed E-state index contributed by atoms with van der Waals surface area (Å²) in [4.78, 5) is 2.48. The molecule has 0 spiro atoms. The first-order chi connectivity index (χ1) is 16.0. The topological polar surface area (TPSA) is 36.9 Å². The Bertz CT molecular complexity index is 728. The maximum Gasteiger partial charge on any atom is 0.0905 e. The van der Waals surface area contributed by atoms with Crippen molar-refractivity contribution in [1.82, 2.24) is 0 Å². The van der Waals surface area contributed by atoms with Crippen LogP contribution < -0.4 is 0 Å². The quantitative estimate of drug-likeness (QED) is 0.148. The van der Waals surface area contributed by atoms with Gasteiger partial charge in [0.1, 0.15) is 0 Å². The Morgan fingerprint density at radius 3 is 2.30 bits per heavy atom. The molecule has 0 bridgehead atoms. The number of halogens is 1. The zero-order valence-electron chi connectivity index (χ0n) is 20.0. The summed E-state index contributed by atoms with van der Waals surface area (Å²) < 4.78 is 23.6. The molecule has 0 aliphatic heterocycles. The van der Waals surface area contributed by atoms with E-state index in [2.05, 4.69) is 37.6 Å². The monoisotopic (exact) mass is 532 g/mol. The Balaban J connectivity index is 1.64. The van der Waals surface area contributed by atoms with Crippen molar-refractivity contribution in [3.63, 3.8) is 0 Å². The van der Waals surface area contributed by atoms with Gasteiger partial charge in [0.05, 0.1) is 37.6 Å². The zero-order valence-corrected chi connectivity index (χ0v) is 23.2. The van der Waals surface area contributed by atoms with Crippen LogP contribution in [0.2, 0.25) is 5.02 Å². The number of hydrogen-bond donors (Lipinski definition) is 0. The summed E-state index contributed by atoms with van der Waals surface area (Å²) in [6.45, 7) is 8.16. The third-order valence-electron chi connectivity index (χ3n) is 4.67. The van der Waals surface area contributed by atoms with Gasteiger partial charge in [0.2, 0.25) is 0 Å². The predicted octanol–water partition coefficient (Wildman–Crippen LogP) is 7.30. The molecule has 0 aliphatic rings. The van der Waals surface area contributed by atoms with Crippen LogP contribution in [0.25, 0.3) is 0 Å². The van der Waals surface area contributed by atoms with E-state index in [-0.39, 0.29) is 24.4 Å². The number of thioether (sulfide) groups is 2. The molecule has 4 nitrogen and oxygen atoms in total. The van der Waals surface area contributed by atoms with Crippen molar-refractivity contribution in [3.8, 4) is 0 Å². The molecule has 0 fully saturated rings. The standard InChI is InChI=1S/C25H37ClO4S3/c1-19(2)30-23(17-32-24-9-7-21(26)8-10-24)15-29-20(3)6-5-12-28-22(14-27-4)16-33-25-11-13-31-18-25/h7-11,13,18-20,22-23H,5-6,12,14-17H2,1-4H3. The van der Waals surface area contributed by atoms with Crippen molar-refractivity contribution in [1.29, 1.82) is 0 Å². The summed E-state index contributed by atoms with van der Waals surface area (Å²) in [5.41, 5.74) is 0. The summed E-state index contributed by atoms with van der Waals surface area (Å²) in [7, 11) is 1.72. The van der Waals surface area contributed by atoms with E-state index in [4.69, 9.17) is 30.5 Å². The lowest BCUT2D eigenvalue weighted by molar-refractivity contribution is -0.0551. The first-order valence-corrected chi connectivity index (χ1v) is 14.7. The maximum absolute atomic E-state index is 6.12. The second-order valence-electron chi connectivity index (χ2n) is 8.08. The van der Waals surface area contributed by atoms with Gasteiger partial charge in [-0.25, -0.2) is 0 Å². The van der Waals surface area contributed by atoms with E-state index in [1.807, 2.05) is 36.0 Å². The molecule has 0 radical (unpaired) electrons. The van der Waals surface area contributed by atoms with Crippen LogP contribution in [-0.2, 0) is 18.9 Å². The molecule has 186 valence electrons. The van der Waals surface area contributed by atoms with Gasteiger partial charge < -0.3 is 18.9 Å². The fourth-order valence-corrected chi connectivity index (χ4v) is 5.84. The molecule has 0 N–H and O–H groups in total. The molecule has 0 aliphatic carbocycles. The lowest BCUT2D eigenvalue weighted by Gasteiger charge is -2.23. The molecule has 1 heterocycles. The van der Waals surface area contributed by atoms with Crippen LogP contribution in [0.3, 0.4) is 0 Å². The van der Waals surface area contributed by atoms with E-state index < -0.39 is 0 Å². The molecule has 0 saturated carbocycles. The fraction of sp³-hybridized carbons (Fsp3) is 0.600. The summed E-state index contributed by atoms with van der Waals surface area (Å²) >= 11 is 11.3. The van der Waals surface area contributed by atoms with Gasteiger partial charge in [-0.1, -0.05) is 11.6 Å². The summed E-state index contributed by atoms with van der Waals surface area (Å²) in [6.07, 6.45) is 2.39. The molecule has 8 heteroatoms. The van der Waals surface area contributed by atoms with E-state index >= 15 is 0 Å². The summed E-state index contributed by atoms with van der Waals surface area (Å²) in [5.74, 6) is 1.74. The van der Waals surface area contributed by atoms with Crippen molar-refractivity contribution in [3.05, 3.63) is 46.1 Å². The summed E-state index contributed by atoms with van der Waals surface area (Å²) in [6, 6.07) is 10.1. The number of ether oxygens (including phenoxy) is 4. The van der Waals surface area contributed by atoms with Crippen LogP contribution in [-0.4, -0.2) is 62.9 Å². The van der Waals surface area contributed by atoms with Gasteiger partial charge in [0.15, 0.2) is 0 Å². The highest BCUT2D eigenvalue weighted by molar-refractivity contribution is 7.99. The molecule has 33 heavy (non-hydrogen) atoms. The molecule has 1 aromatic heterocycles. The SMILES string of the molecule is COCC(CSc1ccsc1)OCCCC(C)OCC(CSc1ccc(Cl)cc1)OC(C)C. The Kier molecular flexibility index (Phi) is 15.1. The lowest BCUT2D eigenvalue weighted by Crippen LogP contribution is -2.28. The lowest BCUT2D eigenvalue weighted by atomic mass is 10.2. The van der Waals surface area contributed by atoms with E-state index in [0.29, 0.717) is 19.8 Å². The average molecular weight is 533 g/mol. The smallest absolute Gasteiger partial charge is 0.0905 e. The Morgan fingerprint density at radius 2 is 1.64 bits per heavy atom. The summed E-state index contributed by atoms with van der Waals surface area (Å²) in [5, 5.41) is 5.02. The number of thiophene rings is 1. The number of methoxy groups -OCH3 is 1. The molecule has 3 unspecified atom stereocenters. The Morgan fingerprint density at radius 1 is 0.909 bits per heavy atom.